The minimum Gasteiger partial charge on any atom is -0.489 e. The van der Waals surface area contributed by atoms with E-state index >= 15 is 0 Å². The Kier molecular flexibility index (Phi) is 6.29. The summed E-state index contributed by atoms with van der Waals surface area (Å²) in [4.78, 5) is 0. The van der Waals surface area contributed by atoms with Crippen LogP contribution in [-0.2, 0) is 6.54 Å². The molecule has 0 heterocycles. The fraction of sp³-hybridized carbons (Fsp3) is 0.500. The fourth-order valence-electron chi connectivity index (χ4n) is 1.28. The molecule has 0 aliphatic carbocycles. The van der Waals surface area contributed by atoms with E-state index in [1.807, 2.05) is 19.1 Å². The summed E-state index contributed by atoms with van der Waals surface area (Å²) < 4.78 is 5.29. The Balaban J connectivity index is 2.56. The Labute approximate surface area is 106 Å². The average Bonchev–Trinajstić information content (AvgIpc) is 2.34. The molecule has 5 heteroatoms. The van der Waals surface area contributed by atoms with Gasteiger partial charge in [-0.2, -0.15) is 0 Å². The van der Waals surface area contributed by atoms with E-state index in [9.17, 15) is 0 Å². The third kappa shape index (κ3) is 4.91. The molecular formula is C12H18ClNO3. The summed E-state index contributed by atoms with van der Waals surface area (Å²) in [6, 6.07) is 5.50. The van der Waals surface area contributed by atoms with Gasteiger partial charge in [-0.25, -0.2) is 0 Å². The van der Waals surface area contributed by atoms with Crippen LogP contribution in [0.4, 0.5) is 0 Å². The zero-order valence-corrected chi connectivity index (χ0v) is 10.6. The van der Waals surface area contributed by atoms with E-state index in [-0.39, 0.29) is 13.2 Å². The lowest BCUT2D eigenvalue weighted by molar-refractivity contribution is 0.0536. The normalized spacial score (nSPS) is 12.5. The van der Waals surface area contributed by atoms with Gasteiger partial charge in [-0.15, -0.1) is 0 Å². The van der Waals surface area contributed by atoms with Crippen LogP contribution < -0.4 is 10.1 Å². The summed E-state index contributed by atoms with van der Waals surface area (Å²) in [5, 5.41) is 21.5. The van der Waals surface area contributed by atoms with Crippen molar-refractivity contribution in [1.29, 1.82) is 0 Å². The molecule has 0 saturated carbocycles. The number of halogens is 1. The second-order valence-corrected chi connectivity index (χ2v) is 4.10. The van der Waals surface area contributed by atoms with Crippen LogP contribution in [0.3, 0.4) is 0 Å². The highest BCUT2D eigenvalue weighted by Gasteiger charge is 2.06. The van der Waals surface area contributed by atoms with Crippen LogP contribution in [0.25, 0.3) is 0 Å². The molecule has 4 nitrogen and oxygen atoms in total. The zero-order chi connectivity index (χ0) is 12.7. The summed E-state index contributed by atoms with van der Waals surface area (Å²) in [5.41, 5.74) is 1.08. The molecular weight excluding hydrogens is 242 g/mol. The summed E-state index contributed by atoms with van der Waals surface area (Å²) in [5.74, 6) is 0.513. The number of nitrogens with one attached hydrogen (secondary N) is 1. The molecule has 1 atom stereocenters. The molecule has 0 radical (unpaired) electrons. The van der Waals surface area contributed by atoms with Crippen molar-refractivity contribution in [3.8, 4) is 5.75 Å². The van der Waals surface area contributed by atoms with Gasteiger partial charge in [-0.3, -0.25) is 0 Å². The molecule has 1 aromatic carbocycles. The molecule has 17 heavy (non-hydrogen) atoms. The highest BCUT2D eigenvalue weighted by Crippen LogP contribution is 2.25. The average molecular weight is 260 g/mol. The minimum atomic E-state index is -0.882. The van der Waals surface area contributed by atoms with Crippen LogP contribution in [0, 0.1) is 0 Å². The molecule has 3 N–H and O–H groups in total. The van der Waals surface area contributed by atoms with Crippen LogP contribution in [0.15, 0.2) is 18.2 Å². The molecule has 0 aromatic heterocycles. The van der Waals surface area contributed by atoms with Gasteiger partial charge in [0.1, 0.15) is 18.5 Å². The lowest BCUT2D eigenvalue weighted by Gasteiger charge is -2.12. The van der Waals surface area contributed by atoms with Crippen LogP contribution in [0.2, 0.25) is 5.02 Å². The van der Waals surface area contributed by atoms with Crippen molar-refractivity contribution in [2.75, 3.05) is 19.8 Å². The van der Waals surface area contributed by atoms with E-state index in [1.165, 1.54) is 0 Å². The van der Waals surface area contributed by atoms with Crippen molar-refractivity contribution >= 4 is 11.6 Å². The van der Waals surface area contributed by atoms with Crippen LogP contribution in [0.5, 0.6) is 5.75 Å². The molecule has 0 amide bonds. The molecule has 1 rings (SSSR count). The fourth-order valence-corrected chi connectivity index (χ4v) is 1.54. The van der Waals surface area contributed by atoms with E-state index in [0.717, 1.165) is 18.7 Å². The zero-order valence-electron chi connectivity index (χ0n) is 9.82. The van der Waals surface area contributed by atoms with Gasteiger partial charge in [0.05, 0.1) is 11.6 Å². The highest BCUT2D eigenvalue weighted by molar-refractivity contribution is 6.32. The van der Waals surface area contributed by atoms with Gasteiger partial charge in [0.2, 0.25) is 0 Å². The number of aliphatic hydroxyl groups is 2. The predicted octanol–water partition coefficient (Wildman–Crippen LogP) is 1.18. The molecule has 0 saturated heterocycles. The monoisotopic (exact) mass is 259 g/mol. The van der Waals surface area contributed by atoms with Gasteiger partial charge in [0.25, 0.3) is 0 Å². The van der Waals surface area contributed by atoms with Crippen molar-refractivity contribution in [3.05, 3.63) is 28.8 Å². The van der Waals surface area contributed by atoms with Crippen molar-refractivity contribution in [2.24, 2.45) is 0 Å². The number of aliphatic hydroxyl groups excluding tert-OH is 2. The second kappa shape index (κ2) is 7.50. The van der Waals surface area contributed by atoms with E-state index in [1.54, 1.807) is 6.07 Å². The Morgan fingerprint density at radius 3 is 2.82 bits per heavy atom. The summed E-state index contributed by atoms with van der Waals surface area (Å²) in [6.07, 6.45) is -0.882. The van der Waals surface area contributed by atoms with Crippen molar-refractivity contribution in [1.82, 2.24) is 5.32 Å². The van der Waals surface area contributed by atoms with Gasteiger partial charge in [0.15, 0.2) is 0 Å². The molecule has 1 unspecified atom stereocenters. The van der Waals surface area contributed by atoms with Crippen molar-refractivity contribution in [2.45, 2.75) is 19.6 Å². The Bertz CT molecular complexity index is 347. The molecule has 0 fully saturated rings. The van der Waals surface area contributed by atoms with Crippen LogP contribution in [0.1, 0.15) is 12.5 Å². The third-order valence-electron chi connectivity index (χ3n) is 2.22. The Morgan fingerprint density at radius 1 is 1.47 bits per heavy atom. The maximum Gasteiger partial charge on any atom is 0.138 e. The smallest absolute Gasteiger partial charge is 0.138 e. The van der Waals surface area contributed by atoms with Crippen LogP contribution >= 0.6 is 11.6 Å². The number of rotatable bonds is 7. The first-order valence-corrected chi connectivity index (χ1v) is 5.96. The molecule has 0 spiro atoms. The summed E-state index contributed by atoms with van der Waals surface area (Å²) in [6.45, 7) is 3.41. The lowest BCUT2D eigenvalue weighted by Crippen LogP contribution is -2.21. The number of hydrogen-bond donors (Lipinski definition) is 3. The van der Waals surface area contributed by atoms with Crippen LogP contribution in [-0.4, -0.2) is 36.1 Å². The predicted molar refractivity (Wildman–Crippen MR) is 67.4 cm³/mol. The first-order valence-electron chi connectivity index (χ1n) is 5.58. The topological polar surface area (TPSA) is 61.7 Å². The van der Waals surface area contributed by atoms with Gasteiger partial charge < -0.3 is 20.3 Å². The lowest BCUT2D eigenvalue weighted by atomic mass is 10.2. The first kappa shape index (κ1) is 14.3. The minimum absolute atomic E-state index is 0.0305. The summed E-state index contributed by atoms with van der Waals surface area (Å²) in [7, 11) is 0. The van der Waals surface area contributed by atoms with Gasteiger partial charge >= 0.3 is 0 Å². The standard InChI is InChI=1S/C12H18ClNO3/c1-2-14-6-9-3-4-12(11(13)5-9)17-8-10(16)7-15/h3-5,10,14-16H,2,6-8H2,1H3. The van der Waals surface area contributed by atoms with Gasteiger partial charge in [-0.1, -0.05) is 24.6 Å². The number of hydrogen-bond acceptors (Lipinski definition) is 4. The second-order valence-electron chi connectivity index (χ2n) is 3.69. The molecule has 1 aromatic rings. The molecule has 0 bridgehead atoms. The number of ether oxygens (including phenoxy) is 1. The third-order valence-corrected chi connectivity index (χ3v) is 2.51. The quantitative estimate of drug-likeness (QED) is 0.688. The summed E-state index contributed by atoms with van der Waals surface area (Å²) >= 11 is 6.04. The van der Waals surface area contributed by atoms with E-state index in [0.29, 0.717) is 10.8 Å². The molecule has 96 valence electrons. The largest absolute Gasteiger partial charge is 0.489 e. The SMILES string of the molecule is CCNCc1ccc(OCC(O)CO)c(Cl)c1. The van der Waals surface area contributed by atoms with E-state index in [2.05, 4.69) is 5.32 Å². The Morgan fingerprint density at radius 2 is 2.24 bits per heavy atom. The first-order chi connectivity index (χ1) is 8.17. The number of benzene rings is 1. The van der Waals surface area contributed by atoms with Gasteiger partial charge in [-0.05, 0) is 24.2 Å². The Hall–Kier alpha value is -0.810. The molecule has 0 aliphatic heterocycles. The maximum absolute atomic E-state index is 9.15. The van der Waals surface area contributed by atoms with E-state index in [4.69, 9.17) is 26.6 Å². The van der Waals surface area contributed by atoms with Crippen molar-refractivity contribution in [3.63, 3.8) is 0 Å². The van der Waals surface area contributed by atoms with Gasteiger partial charge in [0, 0.05) is 6.54 Å². The maximum atomic E-state index is 9.15. The van der Waals surface area contributed by atoms with E-state index < -0.39 is 6.10 Å². The molecule has 0 aliphatic rings. The highest BCUT2D eigenvalue weighted by atomic mass is 35.5. The van der Waals surface area contributed by atoms with Crippen molar-refractivity contribution < 1.29 is 14.9 Å².